The third-order valence-corrected chi connectivity index (χ3v) is 4.33. The van der Waals surface area contributed by atoms with Crippen LogP contribution in [0.1, 0.15) is 34.5 Å². The average molecular weight is 362 g/mol. The number of esters is 1. The molecular weight excluding hydrogens is 340 g/mol. The number of quaternary nitrogens is 1. The number of ether oxygens (including phenoxy) is 1. The number of methoxy groups -OCH3 is 1. The largest absolute Gasteiger partial charge is 0.465 e. The normalized spacial score (nSPS) is 11.7. The Kier molecular flexibility index (Phi) is 6.56. The molecule has 0 aliphatic heterocycles. The number of carbonyl (C=O) groups is 2. The first-order valence-corrected chi connectivity index (χ1v) is 8.36. The van der Waals surface area contributed by atoms with E-state index in [-0.39, 0.29) is 18.5 Å². The van der Waals surface area contributed by atoms with Gasteiger partial charge in [0.1, 0.15) is 6.04 Å². The number of benzene rings is 2. The second kappa shape index (κ2) is 8.65. The van der Waals surface area contributed by atoms with Crippen LogP contribution in [0.25, 0.3) is 0 Å². The van der Waals surface area contributed by atoms with Gasteiger partial charge in [0, 0.05) is 16.3 Å². The number of hydrogen-bond donors (Lipinski definition) is 2. The third kappa shape index (κ3) is 5.05. The Balaban J connectivity index is 1.98. The summed E-state index contributed by atoms with van der Waals surface area (Å²) in [5.74, 6) is -0.585. The van der Waals surface area contributed by atoms with Gasteiger partial charge < -0.3 is 15.4 Å². The number of aryl methyl sites for hydroxylation is 1. The summed E-state index contributed by atoms with van der Waals surface area (Å²) in [5.41, 5.74) is 2.87. The molecule has 0 saturated heterocycles. The van der Waals surface area contributed by atoms with E-state index >= 15 is 0 Å². The fourth-order valence-corrected chi connectivity index (χ4v) is 2.77. The Hall–Kier alpha value is -2.37. The van der Waals surface area contributed by atoms with E-state index in [0.29, 0.717) is 16.3 Å². The molecule has 2 aromatic carbocycles. The minimum absolute atomic E-state index is 0.0574. The number of nitrogens with two attached hydrogens (primary N) is 1. The van der Waals surface area contributed by atoms with Crippen LogP contribution in [0.5, 0.6) is 0 Å². The first-order chi connectivity index (χ1) is 11.9. The van der Waals surface area contributed by atoms with E-state index in [1.165, 1.54) is 7.11 Å². The lowest BCUT2D eigenvalue weighted by molar-refractivity contribution is -0.682. The molecule has 0 saturated carbocycles. The number of amides is 1. The van der Waals surface area contributed by atoms with Crippen LogP contribution < -0.4 is 10.6 Å². The zero-order valence-corrected chi connectivity index (χ0v) is 15.3. The van der Waals surface area contributed by atoms with Gasteiger partial charge in [-0.15, -0.1) is 0 Å². The van der Waals surface area contributed by atoms with Crippen LogP contribution in [0.4, 0.5) is 5.69 Å². The van der Waals surface area contributed by atoms with Crippen LogP contribution >= 0.6 is 11.6 Å². The van der Waals surface area contributed by atoms with Crippen LogP contribution in [-0.4, -0.2) is 25.5 Å². The molecule has 0 aliphatic carbocycles. The molecule has 2 aromatic rings. The van der Waals surface area contributed by atoms with Gasteiger partial charge in [-0.05, 0) is 37.6 Å². The molecule has 2 rings (SSSR count). The van der Waals surface area contributed by atoms with E-state index in [1.54, 1.807) is 18.2 Å². The van der Waals surface area contributed by atoms with Crippen LogP contribution in [0.15, 0.2) is 42.5 Å². The summed E-state index contributed by atoms with van der Waals surface area (Å²) in [5, 5.41) is 5.44. The Morgan fingerprint density at radius 1 is 1.24 bits per heavy atom. The minimum Gasteiger partial charge on any atom is -0.465 e. The van der Waals surface area contributed by atoms with E-state index in [0.717, 1.165) is 11.1 Å². The Morgan fingerprint density at radius 3 is 2.64 bits per heavy atom. The number of nitrogens with one attached hydrogen (secondary N) is 1. The van der Waals surface area contributed by atoms with Crippen LogP contribution in [-0.2, 0) is 9.53 Å². The summed E-state index contributed by atoms with van der Waals surface area (Å²) in [7, 11) is 1.32. The summed E-state index contributed by atoms with van der Waals surface area (Å²) < 4.78 is 4.70. The first-order valence-electron chi connectivity index (χ1n) is 7.99. The van der Waals surface area contributed by atoms with E-state index in [2.05, 4.69) is 5.32 Å². The Morgan fingerprint density at radius 2 is 1.96 bits per heavy atom. The van der Waals surface area contributed by atoms with Crippen molar-refractivity contribution in [3.05, 3.63) is 64.2 Å². The van der Waals surface area contributed by atoms with Crippen molar-refractivity contribution in [2.45, 2.75) is 19.9 Å². The molecule has 0 heterocycles. The van der Waals surface area contributed by atoms with Gasteiger partial charge in [0.15, 0.2) is 6.54 Å². The Labute approximate surface area is 152 Å². The highest BCUT2D eigenvalue weighted by Gasteiger charge is 2.15. The molecule has 5 nitrogen and oxygen atoms in total. The standard InChI is InChI=1S/C19H21ClN2O3/c1-12-8-9-14(19(24)25-3)10-17(12)22-18(23)11-21-13(2)15-6-4-5-7-16(15)20/h4-10,13,21H,11H2,1-3H3,(H,22,23)/p+1/t13-/m1/s1. The molecule has 0 spiro atoms. The first kappa shape index (κ1) is 19.0. The fourth-order valence-electron chi connectivity index (χ4n) is 2.46. The monoisotopic (exact) mass is 361 g/mol. The highest BCUT2D eigenvalue weighted by Crippen LogP contribution is 2.20. The van der Waals surface area contributed by atoms with Crippen LogP contribution in [0.3, 0.4) is 0 Å². The van der Waals surface area contributed by atoms with Crippen molar-refractivity contribution in [1.82, 2.24) is 0 Å². The highest BCUT2D eigenvalue weighted by molar-refractivity contribution is 6.31. The summed E-state index contributed by atoms with van der Waals surface area (Å²) >= 11 is 6.18. The average Bonchev–Trinajstić information content (AvgIpc) is 2.61. The number of halogens is 1. The van der Waals surface area contributed by atoms with Gasteiger partial charge in [-0.2, -0.15) is 0 Å². The quantitative estimate of drug-likeness (QED) is 0.777. The van der Waals surface area contributed by atoms with Crippen LogP contribution in [0.2, 0.25) is 5.02 Å². The summed E-state index contributed by atoms with van der Waals surface area (Å²) in [6, 6.07) is 12.7. The number of rotatable bonds is 6. The fraction of sp³-hybridized carbons (Fsp3) is 0.263. The van der Waals surface area contributed by atoms with Crippen LogP contribution in [0, 0.1) is 6.92 Å². The number of anilines is 1. The van der Waals surface area contributed by atoms with Crippen molar-refractivity contribution >= 4 is 29.2 Å². The van der Waals surface area contributed by atoms with Gasteiger partial charge >= 0.3 is 5.97 Å². The molecule has 0 bridgehead atoms. The van der Waals surface area contributed by atoms with Crippen molar-refractivity contribution in [2.24, 2.45) is 0 Å². The predicted molar refractivity (Wildman–Crippen MR) is 97.8 cm³/mol. The van der Waals surface area contributed by atoms with Crippen molar-refractivity contribution in [3.63, 3.8) is 0 Å². The molecular formula is C19H22ClN2O3+. The van der Waals surface area contributed by atoms with E-state index in [1.807, 2.05) is 43.4 Å². The second-order valence-corrected chi connectivity index (χ2v) is 6.23. The van der Waals surface area contributed by atoms with Gasteiger partial charge in [-0.1, -0.05) is 35.9 Å². The molecule has 6 heteroatoms. The molecule has 1 amide bonds. The molecule has 132 valence electrons. The maximum absolute atomic E-state index is 12.2. The van der Waals surface area contributed by atoms with Gasteiger partial charge in [0.05, 0.1) is 12.7 Å². The van der Waals surface area contributed by atoms with E-state index in [9.17, 15) is 9.59 Å². The van der Waals surface area contributed by atoms with Crippen molar-refractivity contribution in [3.8, 4) is 0 Å². The third-order valence-electron chi connectivity index (χ3n) is 3.99. The van der Waals surface area contributed by atoms with E-state index < -0.39 is 5.97 Å². The minimum atomic E-state index is -0.436. The second-order valence-electron chi connectivity index (χ2n) is 5.82. The molecule has 0 aliphatic rings. The lowest BCUT2D eigenvalue weighted by Gasteiger charge is -2.13. The molecule has 3 N–H and O–H groups in total. The highest BCUT2D eigenvalue weighted by atomic mass is 35.5. The van der Waals surface area contributed by atoms with Crippen molar-refractivity contribution < 1.29 is 19.6 Å². The van der Waals surface area contributed by atoms with Gasteiger partial charge in [-0.25, -0.2) is 4.79 Å². The maximum atomic E-state index is 12.2. The maximum Gasteiger partial charge on any atom is 0.337 e. The molecule has 0 aromatic heterocycles. The Bertz CT molecular complexity index is 777. The zero-order chi connectivity index (χ0) is 18.4. The van der Waals surface area contributed by atoms with E-state index in [4.69, 9.17) is 16.3 Å². The van der Waals surface area contributed by atoms with Gasteiger partial charge in [0.25, 0.3) is 5.91 Å². The molecule has 25 heavy (non-hydrogen) atoms. The lowest BCUT2D eigenvalue weighted by atomic mass is 10.1. The molecule has 0 fully saturated rings. The topological polar surface area (TPSA) is 72.0 Å². The molecule has 1 atom stereocenters. The molecule has 0 unspecified atom stereocenters. The smallest absolute Gasteiger partial charge is 0.337 e. The SMILES string of the molecule is COC(=O)c1ccc(C)c(NC(=O)C[NH2+][C@H](C)c2ccccc2Cl)c1. The number of carbonyl (C=O) groups excluding carboxylic acids is 2. The zero-order valence-electron chi connectivity index (χ0n) is 14.5. The van der Waals surface area contributed by atoms with Gasteiger partial charge in [-0.3, -0.25) is 4.79 Å². The predicted octanol–water partition coefficient (Wildman–Crippen LogP) is 2.70. The summed E-state index contributed by atoms with van der Waals surface area (Å²) in [4.78, 5) is 23.9. The van der Waals surface area contributed by atoms with Crippen molar-refractivity contribution in [2.75, 3.05) is 19.0 Å². The molecule has 0 radical (unpaired) electrons. The van der Waals surface area contributed by atoms with Crippen molar-refractivity contribution in [1.29, 1.82) is 0 Å². The summed E-state index contributed by atoms with van der Waals surface area (Å²) in [6.07, 6.45) is 0. The number of hydrogen-bond acceptors (Lipinski definition) is 3. The summed E-state index contributed by atoms with van der Waals surface area (Å²) in [6.45, 7) is 4.11. The van der Waals surface area contributed by atoms with Gasteiger partial charge in [0.2, 0.25) is 0 Å². The lowest BCUT2D eigenvalue weighted by Crippen LogP contribution is -2.86.